The first kappa shape index (κ1) is 13.4. The van der Waals surface area contributed by atoms with Gasteiger partial charge >= 0.3 is 0 Å². The molecule has 0 fully saturated rings. The number of hydrogen-bond donors (Lipinski definition) is 3. The number of hydrogen-bond acceptors (Lipinski definition) is 4. The number of rotatable bonds is 5. The van der Waals surface area contributed by atoms with Crippen molar-refractivity contribution in [3.05, 3.63) is 29.8 Å². The SMILES string of the molecule is NC(=O)CN(CC(N)=O)C1CNc2ccccc2C1. The maximum absolute atomic E-state index is 11.1. The van der Waals surface area contributed by atoms with Crippen LogP contribution in [0.3, 0.4) is 0 Å². The standard InChI is InChI=1S/C13H18N4O2/c14-12(18)7-17(8-13(15)19)10-5-9-3-1-2-4-11(9)16-6-10/h1-4,10,16H,5-8H2,(H2,14,18)(H2,15,19). The summed E-state index contributed by atoms with van der Waals surface area (Å²) in [4.78, 5) is 23.9. The van der Waals surface area contributed by atoms with Crippen LogP contribution >= 0.6 is 0 Å². The third-order valence-electron chi connectivity index (χ3n) is 3.24. The molecule has 1 heterocycles. The molecule has 19 heavy (non-hydrogen) atoms. The zero-order valence-corrected chi connectivity index (χ0v) is 10.6. The van der Waals surface area contributed by atoms with Crippen LogP contribution in [0.25, 0.3) is 0 Å². The van der Waals surface area contributed by atoms with Crippen LogP contribution in [0.15, 0.2) is 24.3 Å². The fourth-order valence-electron chi connectivity index (χ4n) is 2.40. The first-order valence-electron chi connectivity index (χ1n) is 6.18. The number of primary amides is 2. The van der Waals surface area contributed by atoms with E-state index in [4.69, 9.17) is 11.5 Å². The Balaban J connectivity index is 2.11. The highest BCUT2D eigenvalue weighted by Gasteiger charge is 2.25. The normalized spacial score (nSPS) is 17.6. The molecule has 1 atom stereocenters. The average molecular weight is 262 g/mol. The fraction of sp³-hybridized carbons (Fsp3) is 0.385. The van der Waals surface area contributed by atoms with E-state index >= 15 is 0 Å². The summed E-state index contributed by atoms with van der Waals surface area (Å²) in [7, 11) is 0. The van der Waals surface area contributed by atoms with E-state index in [9.17, 15) is 9.59 Å². The lowest BCUT2D eigenvalue weighted by molar-refractivity contribution is -0.122. The molecule has 2 rings (SSSR count). The minimum absolute atomic E-state index is 0.0369. The number of para-hydroxylation sites is 1. The van der Waals surface area contributed by atoms with Crippen molar-refractivity contribution in [2.45, 2.75) is 12.5 Å². The average Bonchev–Trinajstić information content (AvgIpc) is 2.36. The van der Waals surface area contributed by atoms with Crippen molar-refractivity contribution < 1.29 is 9.59 Å². The van der Waals surface area contributed by atoms with E-state index in [1.807, 2.05) is 24.3 Å². The van der Waals surface area contributed by atoms with Gasteiger partial charge < -0.3 is 16.8 Å². The molecule has 0 radical (unpaired) electrons. The van der Waals surface area contributed by atoms with Crippen molar-refractivity contribution in [3.63, 3.8) is 0 Å². The Morgan fingerprint density at radius 3 is 2.47 bits per heavy atom. The number of benzene rings is 1. The molecular formula is C13H18N4O2. The number of nitrogens with two attached hydrogens (primary N) is 2. The summed E-state index contributed by atoms with van der Waals surface area (Å²) in [6, 6.07) is 8.01. The van der Waals surface area contributed by atoms with Crippen molar-refractivity contribution in [2.75, 3.05) is 25.0 Å². The van der Waals surface area contributed by atoms with Gasteiger partial charge in [-0.2, -0.15) is 0 Å². The number of nitrogens with one attached hydrogen (secondary N) is 1. The second-order valence-corrected chi connectivity index (χ2v) is 4.73. The summed E-state index contributed by atoms with van der Waals surface area (Å²) in [5.74, 6) is -0.916. The van der Waals surface area contributed by atoms with E-state index < -0.39 is 11.8 Å². The molecule has 1 aromatic rings. The molecule has 1 aliphatic heterocycles. The Kier molecular flexibility index (Phi) is 4.01. The summed E-state index contributed by atoms with van der Waals surface area (Å²) in [5.41, 5.74) is 12.7. The van der Waals surface area contributed by atoms with Crippen LogP contribution in [0, 0.1) is 0 Å². The van der Waals surface area contributed by atoms with Crippen LogP contribution in [0.2, 0.25) is 0 Å². The Bertz CT molecular complexity index is 473. The number of amides is 2. The maximum atomic E-state index is 11.1. The van der Waals surface area contributed by atoms with Crippen molar-refractivity contribution in [3.8, 4) is 0 Å². The molecule has 1 unspecified atom stereocenters. The number of fused-ring (bicyclic) bond motifs is 1. The molecule has 0 aromatic heterocycles. The number of carbonyl (C=O) groups excluding carboxylic acids is 2. The van der Waals surface area contributed by atoms with Crippen LogP contribution in [0.1, 0.15) is 5.56 Å². The Labute approximate surface area is 111 Å². The van der Waals surface area contributed by atoms with Crippen molar-refractivity contribution in [1.29, 1.82) is 0 Å². The van der Waals surface area contributed by atoms with Gasteiger partial charge in [0.1, 0.15) is 0 Å². The summed E-state index contributed by atoms with van der Waals surface area (Å²) < 4.78 is 0. The minimum atomic E-state index is -0.458. The number of carbonyl (C=O) groups is 2. The zero-order chi connectivity index (χ0) is 13.8. The second-order valence-electron chi connectivity index (χ2n) is 4.73. The van der Waals surface area contributed by atoms with Gasteiger partial charge in [-0.3, -0.25) is 14.5 Å². The van der Waals surface area contributed by atoms with E-state index in [2.05, 4.69) is 5.32 Å². The second kappa shape index (κ2) is 5.71. The van der Waals surface area contributed by atoms with Gasteiger partial charge in [-0.05, 0) is 18.1 Å². The van der Waals surface area contributed by atoms with E-state index in [1.165, 1.54) is 0 Å². The predicted octanol–water partition coefficient (Wildman–Crippen LogP) is -0.704. The molecule has 0 saturated carbocycles. The molecule has 102 valence electrons. The van der Waals surface area contributed by atoms with E-state index in [-0.39, 0.29) is 19.1 Å². The van der Waals surface area contributed by atoms with Crippen LogP contribution < -0.4 is 16.8 Å². The van der Waals surface area contributed by atoms with Gasteiger partial charge in [0, 0.05) is 18.3 Å². The van der Waals surface area contributed by atoms with Gasteiger partial charge in [0.2, 0.25) is 11.8 Å². The summed E-state index contributed by atoms with van der Waals surface area (Å²) in [5, 5.41) is 3.29. The molecule has 5 N–H and O–H groups in total. The summed E-state index contributed by atoms with van der Waals surface area (Å²) >= 11 is 0. The first-order chi connectivity index (χ1) is 9.06. The van der Waals surface area contributed by atoms with Gasteiger partial charge in [-0.25, -0.2) is 0 Å². The lowest BCUT2D eigenvalue weighted by Gasteiger charge is -2.34. The van der Waals surface area contributed by atoms with E-state index in [0.717, 1.165) is 17.7 Å². The van der Waals surface area contributed by atoms with Crippen molar-refractivity contribution in [2.24, 2.45) is 11.5 Å². The Hall–Kier alpha value is -2.08. The van der Waals surface area contributed by atoms with Gasteiger partial charge in [-0.1, -0.05) is 18.2 Å². The highest BCUT2D eigenvalue weighted by Crippen LogP contribution is 2.23. The predicted molar refractivity (Wildman–Crippen MR) is 72.4 cm³/mol. The fourth-order valence-corrected chi connectivity index (χ4v) is 2.40. The topological polar surface area (TPSA) is 101 Å². The van der Waals surface area contributed by atoms with Crippen LogP contribution in [-0.4, -0.2) is 42.4 Å². The third kappa shape index (κ3) is 3.45. The van der Waals surface area contributed by atoms with Gasteiger partial charge in [0.15, 0.2) is 0 Å². The van der Waals surface area contributed by atoms with Crippen molar-refractivity contribution in [1.82, 2.24) is 4.90 Å². The van der Waals surface area contributed by atoms with Gasteiger partial charge in [-0.15, -0.1) is 0 Å². The monoisotopic (exact) mass is 262 g/mol. The molecule has 1 aliphatic rings. The van der Waals surface area contributed by atoms with E-state index in [1.54, 1.807) is 4.90 Å². The van der Waals surface area contributed by atoms with Crippen LogP contribution in [-0.2, 0) is 16.0 Å². The van der Waals surface area contributed by atoms with Crippen molar-refractivity contribution >= 4 is 17.5 Å². The minimum Gasteiger partial charge on any atom is -0.383 e. The summed E-state index contributed by atoms with van der Waals surface area (Å²) in [6.45, 7) is 0.743. The molecule has 0 bridgehead atoms. The quantitative estimate of drug-likeness (QED) is 0.652. The smallest absolute Gasteiger partial charge is 0.231 e. The Morgan fingerprint density at radius 2 is 1.84 bits per heavy atom. The lowest BCUT2D eigenvalue weighted by Crippen LogP contribution is -2.50. The highest BCUT2D eigenvalue weighted by molar-refractivity contribution is 5.79. The number of anilines is 1. The molecular weight excluding hydrogens is 244 g/mol. The van der Waals surface area contributed by atoms with Crippen LogP contribution in [0.4, 0.5) is 5.69 Å². The summed E-state index contributed by atoms with van der Waals surface area (Å²) in [6.07, 6.45) is 0.768. The van der Waals surface area contributed by atoms with Crippen LogP contribution in [0.5, 0.6) is 0 Å². The lowest BCUT2D eigenvalue weighted by atomic mass is 9.98. The largest absolute Gasteiger partial charge is 0.383 e. The molecule has 6 nitrogen and oxygen atoms in total. The molecule has 0 saturated heterocycles. The van der Waals surface area contributed by atoms with Gasteiger partial charge in [0.05, 0.1) is 13.1 Å². The first-order valence-corrected chi connectivity index (χ1v) is 6.18. The molecule has 1 aromatic carbocycles. The third-order valence-corrected chi connectivity index (χ3v) is 3.24. The molecule has 0 spiro atoms. The zero-order valence-electron chi connectivity index (χ0n) is 10.6. The molecule has 2 amide bonds. The highest BCUT2D eigenvalue weighted by atomic mass is 16.2. The molecule has 6 heteroatoms. The van der Waals surface area contributed by atoms with E-state index in [0.29, 0.717) is 6.54 Å². The number of nitrogens with zero attached hydrogens (tertiary/aromatic N) is 1. The maximum Gasteiger partial charge on any atom is 0.231 e. The molecule has 0 aliphatic carbocycles. The van der Waals surface area contributed by atoms with Gasteiger partial charge in [0.25, 0.3) is 0 Å². The Morgan fingerprint density at radius 1 is 1.21 bits per heavy atom.